The number of allylic oxidation sites excluding steroid dienone is 6. The minimum atomic E-state index is -0.630. The minimum Gasteiger partial charge on any atom is -0.491 e. The first-order valence-electron chi connectivity index (χ1n) is 13.8. The Kier molecular flexibility index (Phi) is 6.62. The van der Waals surface area contributed by atoms with Crippen LogP contribution in [-0.2, 0) is 25.6 Å². The van der Waals surface area contributed by atoms with Crippen molar-refractivity contribution in [3.63, 3.8) is 0 Å². The fourth-order valence-electron chi connectivity index (χ4n) is 6.88. The normalized spacial score (nSPS) is 25.8. The van der Waals surface area contributed by atoms with Gasteiger partial charge in [0.15, 0.2) is 11.6 Å². The fraction of sp³-hybridized carbons (Fsp3) is 0.333. The van der Waals surface area contributed by atoms with E-state index in [1.165, 1.54) is 11.0 Å². The lowest BCUT2D eigenvalue weighted by atomic mass is 9.59. The number of aliphatic hydroxyl groups excluding tert-OH is 1. The van der Waals surface area contributed by atoms with Crippen molar-refractivity contribution in [2.45, 2.75) is 39.0 Å². The number of imide groups is 1. The average molecular weight is 538 g/mol. The lowest BCUT2D eigenvalue weighted by molar-refractivity contribution is -0.123. The summed E-state index contributed by atoms with van der Waals surface area (Å²) in [6.45, 7) is 3.59. The van der Waals surface area contributed by atoms with Crippen molar-refractivity contribution in [3.05, 3.63) is 94.1 Å². The van der Waals surface area contributed by atoms with Crippen LogP contribution < -0.4 is 9.64 Å². The third-order valence-electron chi connectivity index (χ3n) is 8.74. The van der Waals surface area contributed by atoms with E-state index in [2.05, 4.69) is 0 Å². The fourth-order valence-corrected chi connectivity index (χ4v) is 6.88. The number of ketones is 2. The smallest absolute Gasteiger partial charge is 0.238 e. The molecule has 2 amide bonds. The monoisotopic (exact) mass is 537 g/mol. The molecule has 2 aromatic rings. The second-order valence-corrected chi connectivity index (χ2v) is 10.9. The van der Waals surface area contributed by atoms with Crippen LogP contribution >= 0.6 is 0 Å². The second-order valence-electron chi connectivity index (χ2n) is 10.9. The molecule has 40 heavy (non-hydrogen) atoms. The van der Waals surface area contributed by atoms with Crippen molar-refractivity contribution in [1.29, 1.82) is 0 Å². The Morgan fingerprint density at radius 3 is 2.45 bits per heavy atom. The summed E-state index contributed by atoms with van der Waals surface area (Å²) < 4.78 is 5.86. The number of carbonyl (C=O) groups is 4. The standard InChI is InChI=1S/C33H31NO6/c1-3-19-8-10-20(11-9-19)34-32(38)23-13-12-21-24(29(23)33(34)39)17-25-30(26(36)16-18(2)31(25)37)28(21)22-6-4-5-7-27(22)40-15-14-35/h4-12,16,23-24,28-29,35H,3,13-15,17H2,1-2H3. The zero-order valence-electron chi connectivity index (χ0n) is 22.6. The van der Waals surface area contributed by atoms with Crippen molar-refractivity contribution < 1.29 is 29.0 Å². The van der Waals surface area contributed by atoms with Gasteiger partial charge in [-0.25, -0.2) is 0 Å². The topological polar surface area (TPSA) is 101 Å². The molecule has 1 fully saturated rings. The summed E-state index contributed by atoms with van der Waals surface area (Å²) >= 11 is 0. The number of hydrogen-bond acceptors (Lipinski definition) is 6. The van der Waals surface area contributed by atoms with Gasteiger partial charge in [-0.05, 0) is 61.9 Å². The number of anilines is 1. The molecule has 3 aliphatic carbocycles. The molecule has 0 radical (unpaired) electrons. The van der Waals surface area contributed by atoms with Crippen molar-refractivity contribution in [2.24, 2.45) is 17.8 Å². The van der Waals surface area contributed by atoms with Crippen molar-refractivity contribution >= 4 is 29.1 Å². The first-order valence-corrected chi connectivity index (χ1v) is 13.8. The number of rotatable bonds is 6. The zero-order chi connectivity index (χ0) is 28.1. The SMILES string of the molecule is CCc1ccc(N2C(=O)C3CC=C4C(c5ccccc5OCCO)C5=C(CC4C3C2=O)C(=O)C(C)=CC5=O)cc1. The summed E-state index contributed by atoms with van der Waals surface area (Å²) in [6.07, 6.45) is 4.85. The van der Waals surface area contributed by atoms with Crippen molar-refractivity contribution in [3.8, 4) is 5.75 Å². The number of aliphatic hydroxyl groups is 1. The highest BCUT2D eigenvalue weighted by molar-refractivity contribution is 6.25. The molecule has 1 aliphatic heterocycles. The van der Waals surface area contributed by atoms with E-state index in [0.717, 1.165) is 17.6 Å². The number of nitrogens with zero attached hydrogens (tertiary/aromatic N) is 1. The van der Waals surface area contributed by atoms with Crippen molar-refractivity contribution in [2.75, 3.05) is 18.1 Å². The molecule has 0 bridgehead atoms. The van der Waals surface area contributed by atoms with E-state index < -0.39 is 23.7 Å². The van der Waals surface area contributed by atoms with E-state index in [9.17, 15) is 24.3 Å². The summed E-state index contributed by atoms with van der Waals surface area (Å²) in [5, 5.41) is 9.39. The highest BCUT2D eigenvalue weighted by Crippen LogP contribution is 2.56. The molecule has 1 N–H and O–H groups in total. The van der Waals surface area contributed by atoms with E-state index in [0.29, 0.717) is 40.1 Å². The zero-order valence-corrected chi connectivity index (χ0v) is 22.6. The Hall–Kier alpha value is -4.10. The van der Waals surface area contributed by atoms with E-state index in [-0.39, 0.29) is 43.0 Å². The van der Waals surface area contributed by atoms with Crippen LogP contribution in [0, 0.1) is 17.8 Å². The third kappa shape index (κ3) is 3.99. The molecular weight excluding hydrogens is 506 g/mol. The van der Waals surface area contributed by atoms with Gasteiger partial charge in [-0.3, -0.25) is 24.1 Å². The van der Waals surface area contributed by atoms with Crippen LogP contribution in [0.25, 0.3) is 0 Å². The van der Waals surface area contributed by atoms with Crippen LogP contribution in [0.2, 0.25) is 0 Å². The Labute approximate surface area is 232 Å². The number of fused-ring (bicyclic) bond motifs is 3. The molecule has 7 heteroatoms. The molecule has 1 saturated heterocycles. The largest absolute Gasteiger partial charge is 0.491 e. The van der Waals surface area contributed by atoms with Crippen LogP contribution in [0.1, 0.15) is 43.7 Å². The van der Waals surface area contributed by atoms with E-state index in [4.69, 9.17) is 4.74 Å². The minimum absolute atomic E-state index is 0.0769. The number of para-hydroxylation sites is 1. The van der Waals surface area contributed by atoms with Gasteiger partial charge in [-0.1, -0.05) is 48.9 Å². The predicted octanol–water partition coefficient (Wildman–Crippen LogP) is 4.25. The molecule has 0 aromatic heterocycles. The molecule has 4 atom stereocenters. The Balaban J connectivity index is 1.47. The number of aryl methyl sites for hydroxylation is 1. The van der Waals surface area contributed by atoms with Crippen molar-refractivity contribution in [1.82, 2.24) is 0 Å². The van der Waals surface area contributed by atoms with Gasteiger partial charge < -0.3 is 9.84 Å². The van der Waals surface area contributed by atoms with E-state index >= 15 is 0 Å². The first kappa shape index (κ1) is 26.1. The number of amides is 2. The molecule has 0 spiro atoms. The molecule has 4 unspecified atom stereocenters. The molecule has 6 rings (SSSR count). The number of ether oxygens (including phenoxy) is 1. The van der Waals surface area contributed by atoms with Gasteiger partial charge in [0.05, 0.1) is 24.1 Å². The molecular formula is C33H31NO6. The summed E-state index contributed by atoms with van der Waals surface area (Å²) in [6, 6.07) is 14.8. The molecule has 0 saturated carbocycles. The van der Waals surface area contributed by atoms with Gasteiger partial charge >= 0.3 is 0 Å². The molecule has 204 valence electrons. The second kappa shape index (κ2) is 10.1. The molecule has 4 aliphatic rings. The van der Waals surface area contributed by atoms with Gasteiger partial charge in [-0.2, -0.15) is 0 Å². The third-order valence-corrected chi connectivity index (χ3v) is 8.74. The highest BCUT2D eigenvalue weighted by Gasteiger charge is 2.56. The lowest BCUT2D eigenvalue weighted by Crippen LogP contribution is -2.40. The van der Waals surface area contributed by atoms with E-state index in [1.807, 2.05) is 55.5 Å². The van der Waals surface area contributed by atoms with E-state index in [1.54, 1.807) is 13.0 Å². The first-order chi connectivity index (χ1) is 19.3. The number of Topliss-reactive ketones (excluding diaryl/α,β-unsaturated/α-hetero) is 1. The molecule has 1 heterocycles. The summed E-state index contributed by atoms with van der Waals surface area (Å²) in [7, 11) is 0. The van der Waals surface area contributed by atoms with Gasteiger partial charge in [0.25, 0.3) is 0 Å². The maximum atomic E-state index is 14.0. The van der Waals surface area contributed by atoms with Crippen LogP contribution in [0.15, 0.2) is 83.0 Å². The number of benzene rings is 2. The van der Waals surface area contributed by atoms with Gasteiger partial charge in [-0.15, -0.1) is 0 Å². The van der Waals surface area contributed by atoms with Gasteiger partial charge in [0, 0.05) is 28.2 Å². The van der Waals surface area contributed by atoms with Crippen LogP contribution in [-0.4, -0.2) is 41.7 Å². The lowest BCUT2D eigenvalue weighted by Gasteiger charge is -2.42. The molecule has 2 aromatic carbocycles. The maximum absolute atomic E-state index is 14.0. The van der Waals surface area contributed by atoms with Crippen LogP contribution in [0.4, 0.5) is 5.69 Å². The van der Waals surface area contributed by atoms with Crippen LogP contribution in [0.3, 0.4) is 0 Å². The Morgan fingerprint density at radius 1 is 0.975 bits per heavy atom. The van der Waals surface area contributed by atoms with Gasteiger partial charge in [0.2, 0.25) is 11.8 Å². The average Bonchev–Trinajstić information content (AvgIpc) is 3.23. The quantitative estimate of drug-likeness (QED) is 0.336. The molecule has 7 nitrogen and oxygen atoms in total. The Morgan fingerprint density at radius 2 is 1.73 bits per heavy atom. The number of carbonyl (C=O) groups excluding carboxylic acids is 4. The number of hydrogen-bond donors (Lipinski definition) is 1. The summed E-state index contributed by atoms with van der Waals surface area (Å²) in [5.74, 6) is -2.55. The van der Waals surface area contributed by atoms with Gasteiger partial charge in [0.1, 0.15) is 12.4 Å². The Bertz CT molecular complexity index is 1530. The van der Waals surface area contributed by atoms with Crippen LogP contribution in [0.5, 0.6) is 5.75 Å². The summed E-state index contributed by atoms with van der Waals surface area (Å²) in [5.41, 5.74) is 4.46. The maximum Gasteiger partial charge on any atom is 0.238 e. The predicted molar refractivity (Wildman–Crippen MR) is 149 cm³/mol. The highest BCUT2D eigenvalue weighted by atomic mass is 16.5. The summed E-state index contributed by atoms with van der Waals surface area (Å²) in [4.78, 5) is 55.9.